The minimum absolute atomic E-state index is 0.166. The number of hydrogen-bond acceptors (Lipinski definition) is 3. The average molecular weight is 339 g/mol. The molecular formula is C23H17NO2. The van der Waals surface area contributed by atoms with Crippen LogP contribution in [0, 0.1) is 11.8 Å². The summed E-state index contributed by atoms with van der Waals surface area (Å²) in [6.07, 6.45) is 15.3. The summed E-state index contributed by atoms with van der Waals surface area (Å²) >= 11 is 0. The highest BCUT2D eigenvalue weighted by Crippen LogP contribution is 2.36. The van der Waals surface area contributed by atoms with Gasteiger partial charge in [0, 0.05) is 11.8 Å². The lowest BCUT2D eigenvalue weighted by atomic mass is 9.81. The number of nitrogens with zero attached hydrogens (tertiary/aromatic N) is 1. The van der Waals surface area contributed by atoms with Crippen molar-refractivity contribution in [3.8, 4) is 17.2 Å². The smallest absolute Gasteiger partial charge is 0.231 e. The van der Waals surface area contributed by atoms with Gasteiger partial charge < -0.3 is 9.52 Å². The Hall–Kier alpha value is -3.33. The summed E-state index contributed by atoms with van der Waals surface area (Å²) in [7, 11) is 0. The van der Waals surface area contributed by atoms with Gasteiger partial charge in [0.25, 0.3) is 0 Å². The Balaban J connectivity index is 1.57. The highest BCUT2D eigenvalue weighted by atomic mass is 16.3. The third-order valence-corrected chi connectivity index (χ3v) is 4.95. The first-order chi connectivity index (χ1) is 12.8. The van der Waals surface area contributed by atoms with E-state index in [4.69, 9.17) is 4.42 Å². The molecule has 2 aliphatic rings. The molecule has 0 radical (unpaired) electrons. The number of rotatable bonds is 2. The van der Waals surface area contributed by atoms with Crippen LogP contribution in [-0.2, 0) is 0 Å². The zero-order valence-electron chi connectivity index (χ0n) is 14.0. The van der Waals surface area contributed by atoms with Crippen LogP contribution in [0.1, 0.15) is 5.56 Å². The molecule has 0 bridgehead atoms. The first-order valence-electron chi connectivity index (χ1n) is 8.72. The number of hydrogen-bond donors (Lipinski definition) is 1. The Morgan fingerprint density at radius 1 is 0.923 bits per heavy atom. The van der Waals surface area contributed by atoms with Gasteiger partial charge in [0.05, 0.1) is 5.56 Å². The number of allylic oxidation sites excluding steroid dienone is 8. The topological polar surface area (TPSA) is 46.3 Å². The minimum atomic E-state index is 0.166. The van der Waals surface area contributed by atoms with Gasteiger partial charge in [0.15, 0.2) is 5.58 Å². The lowest BCUT2D eigenvalue weighted by molar-refractivity contribution is 0.474. The molecule has 0 spiro atoms. The third kappa shape index (κ3) is 2.49. The fourth-order valence-corrected chi connectivity index (χ4v) is 3.55. The first-order valence-corrected chi connectivity index (χ1v) is 8.72. The molecule has 2 unspecified atom stereocenters. The Kier molecular flexibility index (Phi) is 3.39. The van der Waals surface area contributed by atoms with Crippen molar-refractivity contribution in [2.75, 3.05) is 0 Å². The van der Waals surface area contributed by atoms with E-state index in [1.54, 1.807) is 6.07 Å². The maximum atomic E-state index is 10.3. The van der Waals surface area contributed by atoms with E-state index in [1.807, 2.05) is 36.4 Å². The van der Waals surface area contributed by atoms with Crippen molar-refractivity contribution in [3.63, 3.8) is 0 Å². The second kappa shape index (κ2) is 5.88. The summed E-state index contributed by atoms with van der Waals surface area (Å²) in [5, 5.41) is 10.3. The molecule has 0 saturated carbocycles. The Morgan fingerprint density at radius 3 is 2.65 bits per heavy atom. The van der Waals surface area contributed by atoms with Crippen LogP contribution < -0.4 is 0 Å². The van der Waals surface area contributed by atoms with Crippen LogP contribution in [0.3, 0.4) is 0 Å². The third-order valence-electron chi connectivity index (χ3n) is 4.95. The SMILES string of the molecule is Oc1ccc(C2=CC3C=CC=CC3C=C2)cc1-c1nc2ccccc2o1. The molecule has 0 fully saturated rings. The monoisotopic (exact) mass is 339 g/mol. The van der Waals surface area contributed by atoms with Gasteiger partial charge in [-0.15, -0.1) is 0 Å². The number of phenols is 1. The zero-order chi connectivity index (χ0) is 17.5. The summed E-state index contributed by atoms with van der Waals surface area (Å²) in [6.45, 7) is 0. The number of aromatic hydroxyl groups is 1. The Labute approximate surface area is 151 Å². The fourth-order valence-electron chi connectivity index (χ4n) is 3.55. The van der Waals surface area contributed by atoms with E-state index in [-0.39, 0.29) is 5.75 Å². The number of para-hydroxylation sites is 2. The van der Waals surface area contributed by atoms with Crippen LogP contribution in [0.4, 0.5) is 0 Å². The van der Waals surface area contributed by atoms with Crippen molar-refractivity contribution in [1.29, 1.82) is 0 Å². The number of phenolic OH excluding ortho intramolecular Hbond substituents is 1. The van der Waals surface area contributed by atoms with E-state index < -0.39 is 0 Å². The zero-order valence-corrected chi connectivity index (χ0v) is 14.0. The van der Waals surface area contributed by atoms with E-state index in [0.29, 0.717) is 28.9 Å². The molecule has 3 heteroatoms. The Morgan fingerprint density at radius 2 is 1.77 bits per heavy atom. The molecule has 2 aliphatic carbocycles. The summed E-state index contributed by atoms with van der Waals surface area (Å²) in [6, 6.07) is 13.2. The van der Waals surface area contributed by atoms with Crippen molar-refractivity contribution >= 4 is 16.7 Å². The maximum Gasteiger partial charge on any atom is 0.231 e. The van der Waals surface area contributed by atoms with E-state index in [0.717, 1.165) is 16.7 Å². The van der Waals surface area contributed by atoms with Crippen molar-refractivity contribution in [2.45, 2.75) is 0 Å². The summed E-state index contributed by atoms with van der Waals surface area (Å²) in [4.78, 5) is 4.51. The van der Waals surface area contributed by atoms with Gasteiger partial charge in [-0.25, -0.2) is 4.98 Å². The summed E-state index contributed by atoms with van der Waals surface area (Å²) in [5.41, 5.74) is 4.28. The predicted octanol–water partition coefficient (Wildman–Crippen LogP) is 5.51. The fraction of sp³-hybridized carbons (Fsp3) is 0.0870. The summed E-state index contributed by atoms with van der Waals surface area (Å²) in [5.74, 6) is 1.40. The maximum absolute atomic E-state index is 10.3. The van der Waals surface area contributed by atoms with Gasteiger partial charge in [0.2, 0.25) is 5.89 Å². The number of oxazole rings is 1. The average Bonchev–Trinajstić information content (AvgIpc) is 3.12. The number of benzene rings is 2. The molecule has 2 atom stereocenters. The van der Waals surface area contributed by atoms with Crippen molar-refractivity contribution in [1.82, 2.24) is 4.98 Å². The lowest BCUT2D eigenvalue weighted by Crippen LogP contribution is -2.11. The molecule has 0 aliphatic heterocycles. The molecule has 126 valence electrons. The predicted molar refractivity (Wildman–Crippen MR) is 103 cm³/mol. The number of aromatic nitrogens is 1. The van der Waals surface area contributed by atoms with Crippen molar-refractivity contribution < 1.29 is 9.52 Å². The normalized spacial score (nSPS) is 21.0. The molecule has 0 amide bonds. The van der Waals surface area contributed by atoms with Gasteiger partial charge in [-0.2, -0.15) is 0 Å². The largest absolute Gasteiger partial charge is 0.507 e. The molecule has 1 heterocycles. The van der Waals surface area contributed by atoms with Crippen molar-refractivity contribution in [3.05, 3.63) is 90.6 Å². The molecule has 1 aromatic heterocycles. The quantitative estimate of drug-likeness (QED) is 0.669. The van der Waals surface area contributed by atoms with Gasteiger partial charge in [0.1, 0.15) is 11.3 Å². The van der Waals surface area contributed by atoms with Gasteiger partial charge in [-0.05, 0) is 35.4 Å². The van der Waals surface area contributed by atoms with Crippen LogP contribution in [0.2, 0.25) is 0 Å². The van der Waals surface area contributed by atoms with Crippen LogP contribution in [0.15, 0.2) is 89.4 Å². The molecule has 1 N–H and O–H groups in total. The second-order valence-electron chi connectivity index (χ2n) is 6.62. The number of fused-ring (bicyclic) bond motifs is 2. The van der Waals surface area contributed by atoms with Crippen molar-refractivity contribution in [2.24, 2.45) is 11.8 Å². The molecular weight excluding hydrogens is 322 g/mol. The van der Waals surface area contributed by atoms with Crippen LogP contribution in [-0.4, -0.2) is 10.1 Å². The van der Waals surface area contributed by atoms with E-state index >= 15 is 0 Å². The molecule has 0 saturated heterocycles. The van der Waals surface area contributed by atoms with Crippen LogP contribution in [0.25, 0.3) is 28.1 Å². The standard InChI is InChI=1S/C23H17NO2/c25-21-12-11-18(17-10-9-15-5-1-2-6-16(15)13-17)14-19(21)23-24-20-7-3-4-8-22(20)26-23/h1-16,25H. The highest BCUT2D eigenvalue weighted by molar-refractivity contribution is 5.82. The molecule has 3 nitrogen and oxygen atoms in total. The van der Waals surface area contributed by atoms with Gasteiger partial charge >= 0.3 is 0 Å². The van der Waals surface area contributed by atoms with Crippen LogP contribution in [0.5, 0.6) is 5.75 Å². The highest BCUT2D eigenvalue weighted by Gasteiger charge is 2.20. The minimum Gasteiger partial charge on any atom is -0.507 e. The first kappa shape index (κ1) is 15.0. The Bertz CT molecular complexity index is 1080. The van der Waals surface area contributed by atoms with Gasteiger partial charge in [-0.1, -0.05) is 60.7 Å². The van der Waals surface area contributed by atoms with Gasteiger partial charge in [-0.3, -0.25) is 0 Å². The van der Waals surface area contributed by atoms with Crippen LogP contribution >= 0.6 is 0 Å². The second-order valence-corrected chi connectivity index (χ2v) is 6.62. The van der Waals surface area contributed by atoms with E-state index in [2.05, 4.69) is 47.5 Å². The molecule has 2 aromatic carbocycles. The lowest BCUT2D eigenvalue weighted by Gasteiger charge is -2.23. The summed E-state index contributed by atoms with van der Waals surface area (Å²) < 4.78 is 5.83. The molecule has 26 heavy (non-hydrogen) atoms. The van der Waals surface area contributed by atoms with E-state index in [1.165, 1.54) is 0 Å². The molecule has 3 aromatic rings. The van der Waals surface area contributed by atoms with E-state index in [9.17, 15) is 5.11 Å². The molecule has 5 rings (SSSR count).